The molecule has 0 spiro atoms. The number of aromatic nitrogens is 4. The van der Waals surface area contributed by atoms with E-state index in [4.69, 9.17) is 5.84 Å². The first-order valence-electron chi connectivity index (χ1n) is 9.59. The zero-order valence-corrected chi connectivity index (χ0v) is 16.7. The summed E-state index contributed by atoms with van der Waals surface area (Å²) in [6.07, 6.45) is 3.37. The Morgan fingerprint density at radius 3 is 2.80 bits per heavy atom. The molecule has 30 heavy (non-hydrogen) atoms. The fourth-order valence-electron chi connectivity index (χ4n) is 3.66. The minimum absolute atomic E-state index is 0.206. The van der Waals surface area contributed by atoms with Crippen LogP contribution in [0.3, 0.4) is 0 Å². The molecule has 0 aliphatic carbocycles. The van der Waals surface area contributed by atoms with E-state index >= 15 is 0 Å². The van der Waals surface area contributed by atoms with Gasteiger partial charge in [-0.2, -0.15) is 5.10 Å². The number of aromatic amines is 1. The van der Waals surface area contributed by atoms with E-state index in [1.807, 2.05) is 6.92 Å². The molecule has 4 rings (SSSR count). The molecule has 1 aromatic carbocycles. The largest absolute Gasteiger partial charge is 0.350 e. The van der Waals surface area contributed by atoms with Gasteiger partial charge >= 0.3 is 0 Å². The number of H-pyrrole nitrogens is 1. The van der Waals surface area contributed by atoms with Crippen molar-refractivity contribution in [3.8, 4) is 11.4 Å². The van der Waals surface area contributed by atoms with Crippen LogP contribution in [0, 0.1) is 5.82 Å². The maximum atomic E-state index is 14.7. The monoisotopic (exact) mass is 417 g/mol. The Balaban J connectivity index is 1.77. The molecule has 1 saturated heterocycles. The number of benzene rings is 1. The summed E-state index contributed by atoms with van der Waals surface area (Å²) in [7, 11) is 1.67. The van der Waals surface area contributed by atoms with Crippen molar-refractivity contribution in [1.82, 2.24) is 25.2 Å². The van der Waals surface area contributed by atoms with Gasteiger partial charge < -0.3 is 9.91 Å². The number of hydrogen-bond acceptors (Lipinski definition) is 6. The number of nitrogens with one attached hydrogen (secondary N) is 1. The average Bonchev–Trinajstić information content (AvgIpc) is 3.28. The highest BCUT2D eigenvalue weighted by Gasteiger charge is 2.38. The molecule has 0 atom stereocenters. The number of hydrogen-bond donors (Lipinski definition) is 2. The minimum Gasteiger partial charge on any atom is -0.350 e. The summed E-state index contributed by atoms with van der Waals surface area (Å²) in [6, 6.07) is 4.71. The van der Waals surface area contributed by atoms with Crippen LogP contribution in [0.15, 0.2) is 30.7 Å². The first-order chi connectivity index (χ1) is 14.3. The normalized spacial score (nSPS) is 16.5. The highest BCUT2D eigenvalue weighted by molar-refractivity contribution is 5.94. The quantitative estimate of drug-likeness (QED) is 0.488. The van der Waals surface area contributed by atoms with Crippen molar-refractivity contribution in [2.24, 2.45) is 5.84 Å². The number of nitrogens with two attached hydrogens (primary N) is 1. The number of fused-ring (bicyclic) bond motifs is 1. The van der Waals surface area contributed by atoms with E-state index in [-0.39, 0.29) is 19.5 Å². The maximum Gasteiger partial charge on any atom is 0.266 e. The fraction of sp³-hybridized carbons (Fsp3) is 0.350. The van der Waals surface area contributed by atoms with E-state index < -0.39 is 11.7 Å². The topological polar surface area (TPSA) is 87.0 Å². The summed E-state index contributed by atoms with van der Waals surface area (Å²) in [6.45, 7) is 1.76. The smallest absolute Gasteiger partial charge is 0.266 e. The van der Waals surface area contributed by atoms with Gasteiger partial charge in [-0.3, -0.25) is 5.10 Å². The number of alkyl halides is 2. The van der Waals surface area contributed by atoms with Gasteiger partial charge in [0, 0.05) is 49.3 Å². The van der Waals surface area contributed by atoms with Gasteiger partial charge in [0.2, 0.25) is 0 Å². The summed E-state index contributed by atoms with van der Waals surface area (Å²) in [5.74, 6) is 3.00. The van der Waals surface area contributed by atoms with Gasteiger partial charge in [-0.15, -0.1) is 0 Å². The molecule has 1 aliphatic rings. The van der Waals surface area contributed by atoms with Crippen molar-refractivity contribution in [2.75, 3.05) is 25.0 Å². The Bertz CT molecular complexity index is 1110. The number of allylic oxidation sites excluding steroid dienone is 1. The molecule has 0 saturated carbocycles. The molecule has 1 fully saturated rings. The number of hydrazine groups is 1. The molecule has 3 heterocycles. The molecule has 3 aromatic rings. The molecule has 158 valence electrons. The zero-order valence-electron chi connectivity index (χ0n) is 16.7. The third kappa shape index (κ3) is 3.82. The van der Waals surface area contributed by atoms with Crippen LogP contribution in [0.1, 0.15) is 25.3 Å². The minimum atomic E-state index is -2.73. The number of halogens is 3. The van der Waals surface area contributed by atoms with Crippen molar-refractivity contribution in [3.05, 3.63) is 42.1 Å². The Kier molecular flexibility index (Phi) is 5.10. The van der Waals surface area contributed by atoms with Crippen LogP contribution < -0.4 is 10.7 Å². The lowest BCUT2D eigenvalue weighted by atomic mass is 10.0. The molecule has 7 nitrogen and oxygen atoms in total. The van der Waals surface area contributed by atoms with Gasteiger partial charge in [0.15, 0.2) is 0 Å². The highest BCUT2D eigenvalue weighted by atomic mass is 19.3. The maximum absolute atomic E-state index is 14.7. The SMILES string of the molecule is CC/C(=C\N(C)N)c1cc2c(-c3cc(N4CCC(F)(F)C4)ncn3)n[nH]c2cc1F. The van der Waals surface area contributed by atoms with Gasteiger partial charge in [0.1, 0.15) is 23.7 Å². The Morgan fingerprint density at radius 2 is 2.13 bits per heavy atom. The van der Waals surface area contributed by atoms with Crippen LogP contribution in [-0.2, 0) is 0 Å². The summed E-state index contributed by atoms with van der Waals surface area (Å²) in [5.41, 5.74) is 2.62. The molecule has 0 amide bonds. The van der Waals surface area contributed by atoms with Gasteiger partial charge in [0.25, 0.3) is 5.92 Å². The predicted octanol–water partition coefficient (Wildman–Crippen LogP) is 3.56. The molecule has 0 bridgehead atoms. The lowest BCUT2D eigenvalue weighted by Gasteiger charge is -2.17. The average molecular weight is 417 g/mol. The zero-order chi connectivity index (χ0) is 21.5. The molecule has 10 heteroatoms. The second-order valence-electron chi connectivity index (χ2n) is 7.41. The summed E-state index contributed by atoms with van der Waals surface area (Å²) < 4.78 is 41.9. The van der Waals surface area contributed by atoms with Crippen molar-refractivity contribution >= 4 is 22.3 Å². The van der Waals surface area contributed by atoms with E-state index in [0.717, 1.165) is 5.57 Å². The van der Waals surface area contributed by atoms with Crippen molar-refractivity contribution in [2.45, 2.75) is 25.7 Å². The third-order valence-corrected chi connectivity index (χ3v) is 5.13. The van der Waals surface area contributed by atoms with Gasteiger partial charge in [-0.1, -0.05) is 6.92 Å². The first kappa shape index (κ1) is 20.1. The summed E-state index contributed by atoms with van der Waals surface area (Å²) in [5, 5.41) is 9.15. The van der Waals surface area contributed by atoms with Gasteiger partial charge in [-0.05, 0) is 18.1 Å². The molecule has 0 radical (unpaired) electrons. The highest BCUT2D eigenvalue weighted by Crippen LogP contribution is 2.34. The third-order valence-electron chi connectivity index (χ3n) is 5.13. The van der Waals surface area contributed by atoms with Crippen LogP contribution in [-0.4, -0.2) is 51.2 Å². The van der Waals surface area contributed by atoms with Crippen molar-refractivity contribution in [1.29, 1.82) is 0 Å². The molecule has 0 unspecified atom stereocenters. The standard InChI is InChI=1S/C20H22F3N7/c1-3-12(9-29(2)24)13-6-14-16(7-15(13)21)27-28-19(14)17-8-18(26-11-25-17)30-5-4-20(22,23)10-30/h6-9,11H,3-5,10,24H2,1-2H3,(H,27,28)/b12-9+. The number of nitrogens with zero attached hydrogens (tertiary/aromatic N) is 5. The van der Waals surface area contributed by atoms with Crippen LogP contribution in [0.2, 0.25) is 0 Å². The molecule has 2 aromatic heterocycles. The fourth-order valence-corrected chi connectivity index (χ4v) is 3.66. The van der Waals surface area contributed by atoms with E-state index in [1.54, 1.807) is 25.4 Å². The van der Waals surface area contributed by atoms with E-state index in [2.05, 4.69) is 20.2 Å². The van der Waals surface area contributed by atoms with Crippen LogP contribution in [0.5, 0.6) is 0 Å². The second-order valence-corrected chi connectivity index (χ2v) is 7.41. The molecular formula is C20H22F3N7. The lowest BCUT2D eigenvalue weighted by molar-refractivity contribution is 0.0256. The van der Waals surface area contributed by atoms with Crippen molar-refractivity contribution in [3.63, 3.8) is 0 Å². The number of rotatable bonds is 5. The first-order valence-corrected chi connectivity index (χ1v) is 9.59. The van der Waals surface area contributed by atoms with Crippen LogP contribution >= 0.6 is 0 Å². The van der Waals surface area contributed by atoms with E-state index in [0.29, 0.717) is 40.1 Å². The van der Waals surface area contributed by atoms with E-state index in [9.17, 15) is 13.2 Å². The van der Waals surface area contributed by atoms with Crippen molar-refractivity contribution < 1.29 is 13.2 Å². The molecule has 1 aliphatic heterocycles. The second kappa shape index (κ2) is 7.60. The van der Waals surface area contributed by atoms with Crippen LogP contribution in [0.25, 0.3) is 27.9 Å². The summed E-state index contributed by atoms with van der Waals surface area (Å²) >= 11 is 0. The Hall–Kier alpha value is -3.14. The van der Waals surface area contributed by atoms with E-state index in [1.165, 1.54) is 22.3 Å². The molecular weight excluding hydrogens is 395 g/mol. The van der Waals surface area contributed by atoms with Gasteiger partial charge in [-0.25, -0.2) is 29.0 Å². The lowest BCUT2D eigenvalue weighted by Crippen LogP contribution is -2.25. The van der Waals surface area contributed by atoms with Crippen LogP contribution in [0.4, 0.5) is 19.0 Å². The Labute approximate surface area is 171 Å². The molecule has 3 N–H and O–H groups in total. The Morgan fingerprint density at radius 1 is 1.33 bits per heavy atom. The predicted molar refractivity (Wildman–Crippen MR) is 109 cm³/mol. The number of anilines is 1. The van der Waals surface area contributed by atoms with Gasteiger partial charge in [0.05, 0.1) is 17.8 Å². The summed E-state index contributed by atoms with van der Waals surface area (Å²) in [4.78, 5) is 9.93.